The molecule has 0 amide bonds. The molecule has 0 aliphatic rings. The van der Waals surface area contributed by atoms with Crippen molar-refractivity contribution in [3.8, 4) is 0 Å². The summed E-state index contributed by atoms with van der Waals surface area (Å²) >= 11 is -4.77. The van der Waals surface area contributed by atoms with Crippen molar-refractivity contribution in [2.45, 2.75) is 24.6 Å². The Bertz CT molecular complexity index is 166. The Morgan fingerprint density at radius 1 is 1.33 bits per heavy atom. The minimum absolute atomic E-state index is 0.678. The average Bonchev–Trinajstić information content (AvgIpc) is 1.20. The van der Waals surface area contributed by atoms with E-state index in [1.165, 1.54) is 0 Å². The molecule has 2 nitrogen and oxygen atoms in total. The van der Waals surface area contributed by atoms with Gasteiger partial charge in [-0.25, -0.2) is 0 Å². The molecule has 58 valence electrons. The Morgan fingerprint density at radius 2 is 1.44 bits per heavy atom. The fourth-order valence-electron chi connectivity index (χ4n) is 0. The van der Waals surface area contributed by atoms with E-state index >= 15 is 0 Å². The van der Waals surface area contributed by atoms with E-state index in [2.05, 4.69) is 0 Å². The van der Waals surface area contributed by atoms with Crippen molar-refractivity contribution < 1.29 is 16.3 Å². The fraction of sp³-hybridized carbons (Fsp3) is 1.00. The molecule has 0 aromatic rings. The van der Waals surface area contributed by atoms with Gasteiger partial charge in [0.25, 0.3) is 0 Å². The molecule has 2 N–H and O–H groups in total. The maximum atomic E-state index is 11.2. The molecule has 0 fully saturated rings. The first-order chi connectivity index (χ1) is 3.51. The molecule has 0 spiro atoms. The van der Waals surface area contributed by atoms with Crippen molar-refractivity contribution in [2.24, 2.45) is 4.29 Å². The number of hydrogen-bond donors (Lipinski definition) is 1. The van der Waals surface area contributed by atoms with Gasteiger partial charge in [0.15, 0.2) is 0 Å². The predicted molar refractivity (Wildman–Crippen MR) is 36.3 cm³/mol. The maximum absolute atomic E-state index is 11.2. The van der Waals surface area contributed by atoms with E-state index in [4.69, 9.17) is 23.1 Å². The van der Waals surface area contributed by atoms with Gasteiger partial charge in [0, 0.05) is 0 Å². The van der Waals surface area contributed by atoms with E-state index < -0.39 is 16.7 Å². The van der Waals surface area contributed by atoms with Crippen molar-refractivity contribution in [3.63, 3.8) is 0 Å². The second-order valence-electron chi connectivity index (χ2n) is 2.93. The number of hydrogen-bond acceptors (Lipinski definition) is 1. The summed E-state index contributed by atoms with van der Waals surface area (Å²) in [6.07, 6.45) is 0. The van der Waals surface area contributed by atoms with Crippen molar-refractivity contribution in [1.82, 2.24) is 0 Å². The second-order valence-corrected chi connectivity index (χ2v) is 18.1. The predicted octanol–water partition coefficient (Wildman–Crippen LogP) is 2.42. The summed E-state index contributed by atoms with van der Waals surface area (Å²) < 4.78 is 15.7. The van der Waals surface area contributed by atoms with Gasteiger partial charge in [0.05, 0.1) is 0 Å². The van der Waals surface area contributed by atoms with Crippen molar-refractivity contribution in [2.75, 3.05) is 0 Å². The molecule has 0 heterocycles. The molecule has 0 unspecified atom stereocenters. The Morgan fingerprint density at radius 3 is 1.44 bits per heavy atom. The molecular weight excluding hydrogens is 245 g/mol. The molecular formula is C4H11Cl2MoNO. The summed E-state index contributed by atoms with van der Waals surface area (Å²) in [6.45, 7) is 4.99. The van der Waals surface area contributed by atoms with Gasteiger partial charge in [-0.2, -0.15) is 0 Å². The first-order valence-corrected chi connectivity index (χ1v) is 10.6. The minimum atomic E-state index is -4.77. The molecule has 0 saturated heterocycles. The van der Waals surface area contributed by atoms with Gasteiger partial charge < -0.3 is 0 Å². The van der Waals surface area contributed by atoms with E-state index in [0.29, 0.717) is 0 Å². The van der Waals surface area contributed by atoms with Crippen LogP contribution in [-0.4, -0.2) is 0 Å². The van der Waals surface area contributed by atoms with Crippen molar-refractivity contribution in [1.29, 1.82) is 0 Å². The molecule has 5 heteroatoms. The summed E-state index contributed by atoms with van der Waals surface area (Å²) in [5.41, 5.74) is 0. The summed E-state index contributed by atoms with van der Waals surface area (Å²) in [4.78, 5) is 0. The van der Waals surface area contributed by atoms with E-state index in [1.54, 1.807) is 20.8 Å². The van der Waals surface area contributed by atoms with Crippen molar-refractivity contribution in [3.05, 3.63) is 0 Å². The van der Waals surface area contributed by atoms with Crippen LogP contribution in [0.25, 0.3) is 0 Å². The van der Waals surface area contributed by atoms with Crippen LogP contribution in [0.4, 0.5) is 0 Å². The van der Waals surface area contributed by atoms with Gasteiger partial charge in [0.1, 0.15) is 0 Å². The summed E-state index contributed by atoms with van der Waals surface area (Å²) in [5.74, 6) is 0. The van der Waals surface area contributed by atoms with Crippen LogP contribution < -0.4 is 4.29 Å². The number of rotatable bonds is 0. The summed E-state index contributed by atoms with van der Waals surface area (Å²) in [7, 11) is 10.9. The zero-order valence-electron chi connectivity index (χ0n) is 5.65. The van der Waals surface area contributed by atoms with Crippen LogP contribution in [0.5, 0.6) is 0 Å². The quantitative estimate of drug-likeness (QED) is 0.676. The Labute approximate surface area is 64.0 Å². The van der Waals surface area contributed by atoms with Crippen LogP contribution in [0, 0.1) is 0 Å². The Hall–Kier alpha value is 1.03. The third-order valence-electron chi connectivity index (χ3n) is 1.07. The van der Waals surface area contributed by atoms with Gasteiger partial charge in [-0.1, -0.05) is 0 Å². The zero-order valence-corrected chi connectivity index (χ0v) is 9.17. The van der Waals surface area contributed by atoms with E-state index in [0.717, 1.165) is 0 Å². The normalized spacial score (nSPS) is 18.7. The van der Waals surface area contributed by atoms with E-state index in [1.807, 2.05) is 0 Å². The summed E-state index contributed by atoms with van der Waals surface area (Å²) in [5, 5.41) is 0. The molecule has 0 aliphatic carbocycles. The van der Waals surface area contributed by atoms with Gasteiger partial charge in [-0.3, -0.25) is 0 Å². The van der Waals surface area contributed by atoms with Crippen molar-refractivity contribution >= 4 is 18.8 Å². The number of halogens is 2. The number of nitrogens with two attached hydrogens (primary N) is 1. The average molecular weight is 256 g/mol. The van der Waals surface area contributed by atoms with E-state index in [9.17, 15) is 3.40 Å². The Kier molecular flexibility index (Phi) is 2.24. The van der Waals surface area contributed by atoms with Crippen LogP contribution in [0.2, 0.25) is 3.80 Å². The van der Waals surface area contributed by atoms with Crippen LogP contribution in [0.3, 0.4) is 0 Å². The second kappa shape index (κ2) is 2.01. The van der Waals surface area contributed by atoms with Gasteiger partial charge in [0.2, 0.25) is 0 Å². The molecule has 0 bridgehead atoms. The monoisotopic (exact) mass is 257 g/mol. The van der Waals surface area contributed by atoms with E-state index in [-0.39, 0.29) is 0 Å². The first-order valence-electron chi connectivity index (χ1n) is 2.42. The van der Waals surface area contributed by atoms with Gasteiger partial charge in [-0.05, 0) is 0 Å². The topological polar surface area (TPSA) is 43.1 Å². The standard InChI is InChI=1S/C4H9.2ClH.Mo.H2N.O/c1-4(2)3;;;;;/h1-3H3;2*1H;;1H2;/q;;;+3;-1;/p-2. The van der Waals surface area contributed by atoms with Crippen LogP contribution in [0.15, 0.2) is 0 Å². The molecule has 0 aliphatic heterocycles. The molecule has 0 atom stereocenters. The Balaban J connectivity index is 4.80. The molecule has 0 aromatic heterocycles. The van der Waals surface area contributed by atoms with Crippen LogP contribution >= 0.6 is 18.8 Å². The third kappa shape index (κ3) is 2.63. The first kappa shape index (κ1) is 10.0. The fourth-order valence-corrected chi connectivity index (χ4v) is 0. The molecule has 9 heavy (non-hydrogen) atoms. The molecule has 0 aromatic carbocycles. The van der Waals surface area contributed by atoms with Gasteiger partial charge in [-0.15, -0.1) is 0 Å². The molecule has 0 radical (unpaired) electrons. The van der Waals surface area contributed by atoms with Crippen LogP contribution in [-0.2, 0) is 16.3 Å². The van der Waals surface area contributed by atoms with Gasteiger partial charge >= 0.3 is 64.0 Å². The SMILES string of the molecule is C[C](C)(C)[Mo]([NH2])(=[O])([Cl])[Cl]. The molecule has 0 rings (SSSR count). The molecule has 0 saturated carbocycles. The third-order valence-corrected chi connectivity index (χ3v) is 11.8. The van der Waals surface area contributed by atoms with Crippen LogP contribution in [0.1, 0.15) is 20.8 Å². The zero-order chi connectivity index (χ0) is 7.95. The summed E-state index contributed by atoms with van der Waals surface area (Å²) in [6, 6.07) is 0.